The summed E-state index contributed by atoms with van der Waals surface area (Å²) in [7, 11) is 0. The molecule has 2 rings (SSSR count). The molecule has 4 heteroatoms. The minimum absolute atomic E-state index is 0.122. The number of halogens is 2. The maximum absolute atomic E-state index is 14.7. The van der Waals surface area contributed by atoms with Crippen molar-refractivity contribution in [3.63, 3.8) is 0 Å². The number of aromatic nitrogens is 2. The van der Waals surface area contributed by atoms with Gasteiger partial charge < -0.3 is 0 Å². The minimum atomic E-state index is -0.846. The first-order chi connectivity index (χ1) is 15.7. The topological polar surface area (TPSA) is 25.8 Å². The highest BCUT2D eigenvalue weighted by Crippen LogP contribution is 2.25. The maximum atomic E-state index is 14.7. The first-order valence-electron chi connectivity index (χ1n) is 12.6. The van der Waals surface area contributed by atoms with Gasteiger partial charge in [-0.15, -0.1) is 0 Å². The van der Waals surface area contributed by atoms with E-state index in [1.165, 1.54) is 57.8 Å². The number of aryl methyl sites for hydroxylation is 1. The number of hydrogen-bond donors (Lipinski definition) is 0. The lowest BCUT2D eigenvalue weighted by Gasteiger charge is -2.08. The summed E-state index contributed by atoms with van der Waals surface area (Å²) in [6, 6.07) is 3.29. The van der Waals surface area contributed by atoms with E-state index < -0.39 is 11.6 Å². The molecule has 2 nitrogen and oxygen atoms in total. The van der Waals surface area contributed by atoms with Crippen LogP contribution in [-0.2, 0) is 6.42 Å². The lowest BCUT2D eigenvalue weighted by molar-refractivity contribution is 0.496. The molecule has 1 heterocycles. The molecule has 0 aliphatic rings. The third-order valence-corrected chi connectivity index (χ3v) is 5.91. The smallest absolute Gasteiger partial charge is 0.170 e. The van der Waals surface area contributed by atoms with Crippen molar-refractivity contribution in [2.24, 2.45) is 0 Å². The SMILES string of the molecule is CCCCCCCC=Cc1cnc(-c2ccc(CCCCCCCCC)c(F)c2F)nc1. The average molecular weight is 443 g/mol. The third-order valence-electron chi connectivity index (χ3n) is 5.91. The molecule has 0 N–H and O–H groups in total. The van der Waals surface area contributed by atoms with Gasteiger partial charge in [-0.1, -0.05) is 96.3 Å². The van der Waals surface area contributed by atoms with E-state index in [9.17, 15) is 8.78 Å². The molecule has 176 valence electrons. The van der Waals surface area contributed by atoms with Crippen LogP contribution in [0.1, 0.15) is 108 Å². The Hall–Kier alpha value is -2.10. The fraction of sp³-hybridized carbons (Fsp3) is 0.571. The van der Waals surface area contributed by atoms with Gasteiger partial charge in [0.05, 0.1) is 5.56 Å². The molecule has 0 aliphatic heterocycles. The average Bonchev–Trinajstić information content (AvgIpc) is 2.81. The molecule has 1 aromatic carbocycles. The second-order valence-electron chi connectivity index (χ2n) is 8.72. The van der Waals surface area contributed by atoms with E-state index >= 15 is 0 Å². The van der Waals surface area contributed by atoms with Gasteiger partial charge in [-0.05, 0) is 37.3 Å². The van der Waals surface area contributed by atoms with Gasteiger partial charge in [-0.2, -0.15) is 0 Å². The van der Waals surface area contributed by atoms with E-state index in [1.807, 2.05) is 6.08 Å². The van der Waals surface area contributed by atoms with Gasteiger partial charge in [0.15, 0.2) is 17.5 Å². The monoisotopic (exact) mass is 442 g/mol. The van der Waals surface area contributed by atoms with E-state index in [-0.39, 0.29) is 11.4 Å². The highest BCUT2D eigenvalue weighted by atomic mass is 19.2. The summed E-state index contributed by atoms with van der Waals surface area (Å²) in [5, 5.41) is 0. The molecule has 2 aromatic rings. The normalized spacial score (nSPS) is 11.5. The van der Waals surface area contributed by atoms with Crippen molar-refractivity contribution >= 4 is 6.08 Å². The van der Waals surface area contributed by atoms with Gasteiger partial charge in [0, 0.05) is 18.0 Å². The zero-order chi connectivity index (χ0) is 23.0. The summed E-state index contributed by atoms with van der Waals surface area (Å²) in [5.41, 5.74) is 1.44. The number of benzene rings is 1. The van der Waals surface area contributed by atoms with E-state index in [2.05, 4.69) is 29.9 Å². The standard InChI is InChI=1S/C28H40F2N2/c1-3-5-7-9-11-13-15-17-23-21-31-28(32-22-23)25-20-19-24(26(29)27(25)30)18-16-14-12-10-8-6-4-2/h15,17,19-22H,3-14,16,18H2,1-2H3. The Balaban J connectivity index is 1.85. The molecular formula is C28H40F2N2. The van der Waals surface area contributed by atoms with Crippen LogP contribution in [0.25, 0.3) is 17.5 Å². The Morgan fingerprint density at radius 1 is 0.719 bits per heavy atom. The van der Waals surface area contributed by atoms with Crippen molar-refractivity contribution in [1.82, 2.24) is 9.97 Å². The van der Waals surface area contributed by atoms with Gasteiger partial charge in [-0.3, -0.25) is 0 Å². The van der Waals surface area contributed by atoms with E-state index in [0.717, 1.165) is 31.2 Å². The molecule has 1 aromatic heterocycles. The van der Waals surface area contributed by atoms with Crippen LogP contribution in [-0.4, -0.2) is 9.97 Å². The van der Waals surface area contributed by atoms with Gasteiger partial charge in [-0.25, -0.2) is 18.7 Å². The predicted octanol–water partition coefficient (Wildman–Crippen LogP) is 9.09. The Bertz CT molecular complexity index is 800. The maximum Gasteiger partial charge on any atom is 0.170 e. The quantitative estimate of drug-likeness (QED) is 0.242. The number of hydrogen-bond acceptors (Lipinski definition) is 2. The molecule has 0 radical (unpaired) electrons. The van der Waals surface area contributed by atoms with Crippen LogP contribution >= 0.6 is 0 Å². The van der Waals surface area contributed by atoms with Crippen LogP contribution in [0.5, 0.6) is 0 Å². The van der Waals surface area contributed by atoms with Gasteiger partial charge in [0.1, 0.15) is 0 Å². The highest BCUT2D eigenvalue weighted by Gasteiger charge is 2.16. The van der Waals surface area contributed by atoms with Crippen molar-refractivity contribution in [3.05, 3.63) is 53.4 Å². The van der Waals surface area contributed by atoms with Crippen molar-refractivity contribution in [1.29, 1.82) is 0 Å². The fourth-order valence-corrected chi connectivity index (χ4v) is 3.88. The molecule has 0 unspecified atom stereocenters. The van der Waals surface area contributed by atoms with E-state index in [1.54, 1.807) is 24.5 Å². The number of unbranched alkanes of at least 4 members (excludes halogenated alkanes) is 11. The lowest BCUT2D eigenvalue weighted by atomic mass is 10.0. The van der Waals surface area contributed by atoms with Gasteiger partial charge in [0.2, 0.25) is 0 Å². The summed E-state index contributed by atoms with van der Waals surface area (Å²) in [6.07, 6.45) is 23.5. The fourth-order valence-electron chi connectivity index (χ4n) is 3.88. The Morgan fingerprint density at radius 3 is 1.97 bits per heavy atom. The Labute approximate surface area is 193 Å². The molecule has 0 spiro atoms. The highest BCUT2D eigenvalue weighted by molar-refractivity contribution is 5.58. The second kappa shape index (κ2) is 15.7. The zero-order valence-electron chi connectivity index (χ0n) is 20.0. The van der Waals surface area contributed by atoms with Crippen molar-refractivity contribution in [3.8, 4) is 11.4 Å². The van der Waals surface area contributed by atoms with Crippen molar-refractivity contribution in [2.75, 3.05) is 0 Å². The minimum Gasteiger partial charge on any atom is -0.236 e. The molecule has 0 saturated carbocycles. The molecular weight excluding hydrogens is 402 g/mol. The van der Waals surface area contributed by atoms with Crippen LogP contribution in [0.2, 0.25) is 0 Å². The molecule has 0 fully saturated rings. The van der Waals surface area contributed by atoms with Crippen molar-refractivity contribution in [2.45, 2.75) is 104 Å². The molecule has 0 bridgehead atoms. The van der Waals surface area contributed by atoms with Gasteiger partial charge in [0.25, 0.3) is 0 Å². The van der Waals surface area contributed by atoms with Crippen LogP contribution in [0.15, 0.2) is 30.6 Å². The molecule has 0 amide bonds. The summed E-state index contributed by atoms with van der Waals surface area (Å²) >= 11 is 0. The number of rotatable bonds is 16. The number of nitrogens with zero attached hydrogens (tertiary/aromatic N) is 2. The van der Waals surface area contributed by atoms with E-state index in [4.69, 9.17) is 0 Å². The van der Waals surface area contributed by atoms with Crippen LogP contribution in [0, 0.1) is 11.6 Å². The van der Waals surface area contributed by atoms with Gasteiger partial charge >= 0.3 is 0 Å². The summed E-state index contributed by atoms with van der Waals surface area (Å²) < 4.78 is 29.2. The molecule has 0 aliphatic carbocycles. The van der Waals surface area contributed by atoms with Crippen LogP contribution in [0.3, 0.4) is 0 Å². The largest absolute Gasteiger partial charge is 0.236 e. The summed E-state index contributed by atoms with van der Waals surface area (Å²) in [5.74, 6) is -1.38. The predicted molar refractivity (Wildman–Crippen MR) is 131 cm³/mol. The first kappa shape index (κ1) is 26.2. The number of allylic oxidation sites excluding steroid dienone is 1. The third kappa shape index (κ3) is 9.18. The van der Waals surface area contributed by atoms with Crippen molar-refractivity contribution < 1.29 is 8.78 Å². The second-order valence-corrected chi connectivity index (χ2v) is 8.72. The van der Waals surface area contributed by atoms with E-state index in [0.29, 0.717) is 12.0 Å². The molecule has 32 heavy (non-hydrogen) atoms. The lowest BCUT2D eigenvalue weighted by Crippen LogP contribution is -2.00. The first-order valence-corrected chi connectivity index (χ1v) is 12.6. The summed E-state index contributed by atoms with van der Waals surface area (Å²) in [6.45, 7) is 4.42. The summed E-state index contributed by atoms with van der Waals surface area (Å²) in [4.78, 5) is 8.52. The Kier molecular flexibility index (Phi) is 12.8. The Morgan fingerprint density at radius 2 is 1.31 bits per heavy atom. The molecule has 0 saturated heterocycles. The van der Waals surface area contributed by atoms with Crippen LogP contribution in [0.4, 0.5) is 8.78 Å². The molecule has 0 atom stereocenters. The van der Waals surface area contributed by atoms with Crippen LogP contribution < -0.4 is 0 Å². The zero-order valence-corrected chi connectivity index (χ0v) is 20.0.